The van der Waals surface area contributed by atoms with Crippen molar-refractivity contribution in [3.05, 3.63) is 0 Å². The molecule has 0 radical (unpaired) electrons. The van der Waals surface area contributed by atoms with Crippen LogP contribution in [0.3, 0.4) is 0 Å². The minimum atomic E-state index is -1.04. The fraction of sp³-hybridized carbons (Fsp3) is 0.714. The van der Waals surface area contributed by atoms with E-state index in [0.717, 1.165) is 0 Å². The molecule has 0 aliphatic carbocycles. The number of aliphatic carboxylic acids is 1. The number of ether oxygens (including phenoxy) is 1. The summed E-state index contributed by atoms with van der Waals surface area (Å²) >= 11 is 0. The summed E-state index contributed by atoms with van der Waals surface area (Å²) in [5.41, 5.74) is 0. The number of hydrogen-bond acceptors (Lipinski definition) is 4. The van der Waals surface area contributed by atoms with Gasteiger partial charge in [0, 0.05) is 6.92 Å². The third-order valence-corrected chi connectivity index (χ3v) is 1.40. The lowest BCUT2D eigenvalue weighted by Crippen LogP contribution is -2.44. The van der Waals surface area contributed by atoms with E-state index < -0.39 is 24.1 Å². The van der Waals surface area contributed by atoms with Crippen LogP contribution in [0.5, 0.6) is 0 Å². The Kier molecular flexibility index (Phi) is 4.28. The van der Waals surface area contributed by atoms with Crippen LogP contribution in [0.4, 0.5) is 0 Å². The molecule has 5 nitrogen and oxygen atoms in total. The quantitative estimate of drug-likeness (QED) is 0.569. The number of carboxylic acid groups (broad SMARTS) is 1. The molecule has 0 saturated heterocycles. The van der Waals surface area contributed by atoms with Crippen molar-refractivity contribution in [2.45, 2.75) is 26.0 Å². The maximum absolute atomic E-state index is 10.5. The number of esters is 1. The van der Waals surface area contributed by atoms with E-state index in [0.29, 0.717) is 0 Å². The van der Waals surface area contributed by atoms with E-state index in [4.69, 9.17) is 5.11 Å². The lowest BCUT2D eigenvalue weighted by Gasteiger charge is -2.18. The minimum absolute atomic E-state index is 0.482. The van der Waals surface area contributed by atoms with Crippen LogP contribution in [0, 0.1) is 0 Å². The standard InChI is InChI=1S/C7H13NO4/c1-4(12-5(2)9)6(8-3)7(10)11/h4,6,8H,1-3H3,(H,10,11). The normalized spacial score (nSPS) is 14.9. The largest absolute Gasteiger partial charge is 0.480 e. The second-order valence-electron chi connectivity index (χ2n) is 2.42. The molecule has 2 N–H and O–H groups in total. The number of hydrogen-bond donors (Lipinski definition) is 2. The first-order valence-electron chi connectivity index (χ1n) is 3.56. The van der Waals surface area contributed by atoms with Crippen LogP contribution >= 0.6 is 0 Å². The molecule has 0 fully saturated rings. The van der Waals surface area contributed by atoms with Crippen LogP contribution in [0.25, 0.3) is 0 Å². The van der Waals surface area contributed by atoms with Crippen molar-refractivity contribution >= 4 is 11.9 Å². The van der Waals surface area contributed by atoms with Crippen molar-refractivity contribution in [1.29, 1.82) is 0 Å². The average molecular weight is 175 g/mol. The Morgan fingerprint density at radius 3 is 2.25 bits per heavy atom. The molecule has 2 unspecified atom stereocenters. The zero-order chi connectivity index (χ0) is 9.72. The molecule has 2 atom stereocenters. The van der Waals surface area contributed by atoms with E-state index in [2.05, 4.69) is 10.1 Å². The number of nitrogens with one attached hydrogen (secondary N) is 1. The zero-order valence-electron chi connectivity index (χ0n) is 7.33. The summed E-state index contributed by atoms with van der Waals surface area (Å²) < 4.78 is 4.68. The Bertz CT molecular complexity index is 180. The lowest BCUT2D eigenvalue weighted by atomic mass is 10.2. The van der Waals surface area contributed by atoms with E-state index in [1.807, 2.05) is 0 Å². The molecule has 0 rings (SSSR count). The number of likely N-dealkylation sites (N-methyl/N-ethyl adjacent to an activating group) is 1. The highest BCUT2D eigenvalue weighted by Gasteiger charge is 2.24. The molecule has 0 aliphatic rings. The molecular formula is C7H13NO4. The van der Waals surface area contributed by atoms with Gasteiger partial charge in [-0.05, 0) is 14.0 Å². The van der Waals surface area contributed by atoms with Crippen molar-refractivity contribution in [2.24, 2.45) is 0 Å². The highest BCUT2D eigenvalue weighted by Crippen LogP contribution is 1.98. The molecule has 0 heterocycles. The summed E-state index contributed by atoms with van der Waals surface area (Å²) in [4.78, 5) is 21.0. The van der Waals surface area contributed by atoms with Crippen LogP contribution in [0.15, 0.2) is 0 Å². The number of carbonyl (C=O) groups excluding carboxylic acids is 1. The summed E-state index contributed by atoms with van der Waals surface area (Å²) in [6.07, 6.45) is -0.662. The molecule has 70 valence electrons. The molecule has 5 heteroatoms. The van der Waals surface area contributed by atoms with Gasteiger partial charge in [0.15, 0.2) is 0 Å². The summed E-state index contributed by atoms with van der Waals surface area (Å²) in [5, 5.41) is 11.1. The second-order valence-corrected chi connectivity index (χ2v) is 2.42. The average Bonchev–Trinajstić information content (AvgIpc) is 1.85. The van der Waals surface area contributed by atoms with Crippen LogP contribution in [-0.4, -0.2) is 36.2 Å². The molecule has 0 aromatic rings. The Labute approximate surface area is 70.7 Å². The Hall–Kier alpha value is -1.10. The van der Waals surface area contributed by atoms with Crippen molar-refractivity contribution in [3.63, 3.8) is 0 Å². The van der Waals surface area contributed by atoms with E-state index in [1.54, 1.807) is 0 Å². The fourth-order valence-electron chi connectivity index (χ4n) is 0.889. The monoisotopic (exact) mass is 175 g/mol. The summed E-state index contributed by atoms with van der Waals surface area (Å²) in [6.45, 7) is 2.77. The first kappa shape index (κ1) is 10.9. The van der Waals surface area contributed by atoms with Gasteiger partial charge in [0.25, 0.3) is 0 Å². The summed E-state index contributed by atoms with van der Waals surface area (Å²) in [6, 6.07) is -0.853. The molecule has 0 saturated carbocycles. The van der Waals surface area contributed by atoms with E-state index >= 15 is 0 Å². The number of carbonyl (C=O) groups is 2. The Morgan fingerprint density at radius 1 is 1.50 bits per heavy atom. The van der Waals surface area contributed by atoms with Gasteiger partial charge in [0.05, 0.1) is 0 Å². The maximum atomic E-state index is 10.5. The van der Waals surface area contributed by atoms with Crippen LogP contribution in [0.2, 0.25) is 0 Å². The molecule has 12 heavy (non-hydrogen) atoms. The number of carboxylic acids is 1. The topological polar surface area (TPSA) is 75.6 Å². The molecule has 0 amide bonds. The van der Waals surface area contributed by atoms with Gasteiger partial charge >= 0.3 is 11.9 Å². The highest BCUT2D eigenvalue weighted by atomic mass is 16.5. The first-order valence-corrected chi connectivity index (χ1v) is 3.56. The van der Waals surface area contributed by atoms with Gasteiger partial charge in [-0.15, -0.1) is 0 Å². The van der Waals surface area contributed by atoms with Crippen molar-refractivity contribution in [3.8, 4) is 0 Å². The minimum Gasteiger partial charge on any atom is -0.480 e. The predicted octanol–water partition coefficient (Wildman–Crippen LogP) is -0.389. The lowest BCUT2D eigenvalue weighted by molar-refractivity contribution is -0.152. The molecular weight excluding hydrogens is 162 g/mol. The Balaban J connectivity index is 4.11. The molecule has 0 aromatic heterocycles. The molecule has 0 spiro atoms. The SMILES string of the molecule is CNC(C(=O)O)C(C)OC(C)=O. The third-order valence-electron chi connectivity index (χ3n) is 1.40. The van der Waals surface area contributed by atoms with Gasteiger partial charge in [0.1, 0.15) is 12.1 Å². The van der Waals surface area contributed by atoms with E-state index in [1.165, 1.54) is 20.9 Å². The Morgan fingerprint density at radius 2 is 2.00 bits per heavy atom. The van der Waals surface area contributed by atoms with Gasteiger partial charge in [0.2, 0.25) is 0 Å². The van der Waals surface area contributed by atoms with Gasteiger partial charge in [-0.2, -0.15) is 0 Å². The number of rotatable bonds is 4. The molecule has 0 aliphatic heterocycles. The van der Waals surface area contributed by atoms with E-state index in [9.17, 15) is 9.59 Å². The van der Waals surface area contributed by atoms with Gasteiger partial charge in [-0.1, -0.05) is 0 Å². The smallest absolute Gasteiger partial charge is 0.324 e. The maximum Gasteiger partial charge on any atom is 0.324 e. The first-order chi connectivity index (χ1) is 5.49. The fourth-order valence-corrected chi connectivity index (χ4v) is 0.889. The van der Waals surface area contributed by atoms with E-state index in [-0.39, 0.29) is 0 Å². The van der Waals surface area contributed by atoms with Crippen molar-refractivity contribution in [2.75, 3.05) is 7.05 Å². The van der Waals surface area contributed by atoms with Crippen LogP contribution in [0.1, 0.15) is 13.8 Å². The highest BCUT2D eigenvalue weighted by molar-refractivity contribution is 5.75. The van der Waals surface area contributed by atoms with Gasteiger partial charge in [-0.25, -0.2) is 0 Å². The van der Waals surface area contributed by atoms with Gasteiger partial charge in [-0.3, -0.25) is 9.59 Å². The van der Waals surface area contributed by atoms with Crippen molar-refractivity contribution in [1.82, 2.24) is 5.32 Å². The van der Waals surface area contributed by atoms with Crippen molar-refractivity contribution < 1.29 is 19.4 Å². The molecule has 0 aromatic carbocycles. The summed E-state index contributed by atoms with van der Waals surface area (Å²) in [7, 11) is 1.50. The summed E-state index contributed by atoms with van der Waals surface area (Å²) in [5.74, 6) is -1.52. The zero-order valence-corrected chi connectivity index (χ0v) is 7.33. The third kappa shape index (κ3) is 3.34. The van der Waals surface area contributed by atoms with Crippen LogP contribution in [-0.2, 0) is 14.3 Å². The van der Waals surface area contributed by atoms with Crippen LogP contribution < -0.4 is 5.32 Å². The van der Waals surface area contributed by atoms with Gasteiger partial charge < -0.3 is 15.2 Å². The molecule has 0 bridgehead atoms. The predicted molar refractivity (Wildman–Crippen MR) is 41.7 cm³/mol. The second kappa shape index (κ2) is 4.71.